The number of carboxylic acid groups (broad SMARTS) is 1. The van der Waals surface area contributed by atoms with Gasteiger partial charge in [-0.05, 0) is 12.8 Å². The van der Waals surface area contributed by atoms with Gasteiger partial charge in [0.2, 0.25) is 0 Å². The number of quaternary nitrogens is 1. The van der Waals surface area contributed by atoms with Gasteiger partial charge in [-0.3, -0.25) is 9.59 Å². The molecule has 2 unspecified atom stereocenters. The van der Waals surface area contributed by atoms with Crippen LogP contribution in [0.15, 0.2) is 0 Å². The molecule has 0 saturated carbocycles. The van der Waals surface area contributed by atoms with Crippen molar-refractivity contribution in [3.63, 3.8) is 0 Å². The highest BCUT2D eigenvalue weighted by molar-refractivity contribution is 5.71. The summed E-state index contributed by atoms with van der Waals surface area (Å²) in [7, 11) is 6.00. The van der Waals surface area contributed by atoms with E-state index < -0.39 is 18.4 Å². The zero-order valence-electron chi connectivity index (χ0n) is 60.9. The molecule has 0 aromatic heterocycles. The fraction of sp³-hybridized carbons (Fsp3) is 0.963. The van der Waals surface area contributed by atoms with Gasteiger partial charge in [-0.15, -0.1) is 0 Å². The van der Waals surface area contributed by atoms with Crippen molar-refractivity contribution in [2.45, 2.75) is 450 Å². The minimum absolute atomic E-state index is 0.172. The minimum Gasteiger partial charge on any atom is -0.477 e. The van der Waals surface area contributed by atoms with E-state index in [9.17, 15) is 19.5 Å². The molecule has 0 spiro atoms. The summed E-state index contributed by atoms with van der Waals surface area (Å²) in [5.41, 5.74) is 0. The molecule has 0 saturated heterocycles. The van der Waals surface area contributed by atoms with E-state index in [1.165, 1.54) is 372 Å². The number of aliphatic carboxylic acids is 1. The predicted molar refractivity (Wildman–Crippen MR) is 383 cm³/mol. The maximum Gasteiger partial charge on any atom is 0.361 e. The molecule has 0 aliphatic heterocycles. The fourth-order valence-corrected chi connectivity index (χ4v) is 12.7. The number of esters is 2. The summed E-state index contributed by atoms with van der Waals surface area (Å²) < 4.78 is 23.1. The molecule has 0 aromatic rings. The monoisotopic (exact) mass is 1260 g/mol. The smallest absolute Gasteiger partial charge is 0.361 e. The lowest BCUT2D eigenvalue weighted by atomic mass is 10.0. The Balaban J connectivity index is 3.95. The standard InChI is InChI=1S/C80H157NO8/c1-6-8-10-12-14-16-18-20-22-24-26-28-30-32-34-36-38-39-41-43-45-47-49-51-53-55-57-59-61-63-65-67-69-71-78(83)89-76(75-88-80(79(84)85)86-73-72-81(3,4)5)74-87-77(82)70-68-66-64-62-60-58-56-54-52-50-48-46-44-42-40-37-35-33-31-29-27-25-23-21-19-17-15-13-11-9-7-2/h76,80H,6-75H2,1-5H3/p+1. The van der Waals surface area contributed by atoms with Gasteiger partial charge in [-0.25, -0.2) is 4.79 Å². The predicted octanol–water partition coefficient (Wildman–Crippen LogP) is 25.4. The number of carboxylic acids is 1. The zero-order valence-corrected chi connectivity index (χ0v) is 60.9. The van der Waals surface area contributed by atoms with Crippen LogP contribution < -0.4 is 0 Å². The van der Waals surface area contributed by atoms with E-state index >= 15 is 0 Å². The summed E-state index contributed by atoms with van der Waals surface area (Å²) in [6, 6.07) is 0. The summed E-state index contributed by atoms with van der Waals surface area (Å²) in [5.74, 6) is -1.96. The largest absolute Gasteiger partial charge is 0.477 e. The van der Waals surface area contributed by atoms with Crippen LogP contribution in [-0.4, -0.2) is 87.4 Å². The van der Waals surface area contributed by atoms with Crippen molar-refractivity contribution in [1.29, 1.82) is 0 Å². The molecule has 0 bridgehead atoms. The van der Waals surface area contributed by atoms with Gasteiger partial charge in [0.15, 0.2) is 6.10 Å². The highest BCUT2D eigenvalue weighted by atomic mass is 16.7. The van der Waals surface area contributed by atoms with Crippen LogP contribution in [-0.2, 0) is 33.3 Å². The Bertz CT molecular complexity index is 1420. The molecule has 0 amide bonds. The maximum absolute atomic E-state index is 13.0. The first-order valence-corrected chi connectivity index (χ1v) is 40.2. The summed E-state index contributed by atoms with van der Waals surface area (Å²) >= 11 is 0. The molecular formula is C80H158NO8+. The lowest BCUT2D eigenvalue weighted by Crippen LogP contribution is -2.40. The Morgan fingerprint density at radius 2 is 0.506 bits per heavy atom. The lowest BCUT2D eigenvalue weighted by Gasteiger charge is -2.25. The molecule has 0 radical (unpaired) electrons. The Morgan fingerprint density at radius 3 is 0.719 bits per heavy atom. The van der Waals surface area contributed by atoms with Crippen LogP contribution in [0.25, 0.3) is 0 Å². The highest BCUT2D eigenvalue weighted by Crippen LogP contribution is 2.21. The number of unbranched alkanes of at least 4 members (excludes halogenated alkanes) is 62. The summed E-state index contributed by atoms with van der Waals surface area (Å²) in [4.78, 5) is 37.7. The molecule has 0 aliphatic rings. The van der Waals surface area contributed by atoms with Crippen LogP contribution in [0.3, 0.4) is 0 Å². The number of ether oxygens (including phenoxy) is 4. The topological polar surface area (TPSA) is 108 Å². The maximum atomic E-state index is 13.0. The van der Waals surface area contributed by atoms with E-state index in [4.69, 9.17) is 18.9 Å². The first-order chi connectivity index (χ1) is 43.6. The average Bonchev–Trinajstić information content (AvgIpc) is 3.64. The number of likely N-dealkylation sites (N-methyl/N-ethyl adjacent to an activating group) is 1. The quantitative estimate of drug-likeness (QED) is 0.0278. The van der Waals surface area contributed by atoms with Gasteiger partial charge < -0.3 is 28.5 Å². The lowest BCUT2D eigenvalue weighted by molar-refractivity contribution is -0.870. The van der Waals surface area contributed by atoms with Crippen molar-refractivity contribution in [2.75, 3.05) is 47.5 Å². The summed E-state index contributed by atoms with van der Waals surface area (Å²) in [6.45, 7) is 4.99. The summed E-state index contributed by atoms with van der Waals surface area (Å²) in [6.07, 6.45) is 85.6. The molecular weight excluding hydrogens is 1100 g/mol. The third kappa shape index (κ3) is 73.6. The van der Waals surface area contributed by atoms with Crippen molar-refractivity contribution in [1.82, 2.24) is 0 Å². The van der Waals surface area contributed by atoms with E-state index in [1.54, 1.807) is 0 Å². The SMILES string of the molecule is CCCCCCCCCCCCCCCCCCCCCCCCCCCCCCCCCCCC(=O)OC(COC(=O)CCCCCCCCCCCCCCCCCCCCCCCCCCCCCCCCC)COC(OCC[N+](C)(C)C)C(=O)O. The van der Waals surface area contributed by atoms with Crippen molar-refractivity contribution in [3.8, 4) is 0 Å². The normalized spacial score (nSPS) is 12.5. The Hall–Kier alpha value is -1.71. The number of nitrogens with zero attached hydrogens (tertiary/aromatic N) is 1. The van der Waals surface area contributed by atoms with Crippen molar-refractivity contribution >= 4 is 17.9 Å². The van der Waals surface area contributed by atoms with E-state index in [0.29, 0.717) is 17.4 Å². The van der Waals surface area contributed by atoms with Crippen LogP contribution in [0.2, 0.25) is 0 Å². The second-order valence-corrected chi connectivity index (χ2v) is 29.1. The van der Waals surface area contributed by atoms with Gasteiger partial charge in [0.25, 0.3) is 6.29 Å². The van der Waals surface area contributed by atoms with Gasteiger partial charge in [0.05, 0.1) is 34.4 Å². The minimum atomic E-state index is -1.51. The van der Waals surface area contributed by atoms with Gasteiger partial charge in [-0.2, -0.15) is 0 Å². The molecule has 1 N–H and O–H groups in total. The number of rotatable bonds is 77. The van der Waals surface area contributed by atoms with E-state index in [0.717, 1.165) is 38.5 Å². The number of hydrogen-bond donors (Lipinski definition) is 1. The third-order valence-electron chi connectivity index (χ3n) is 18.9. The number of hydrogen-bond acceptors (Lipinski definition) is 7. The molecule has 0 rings (SSSR count). The Kier molecular flexibility index (Phi) is 70.7. The average molecular weight is 1260 g/mol. The first-order valence-electron chi connectivity index (χ1n) is 40.2. The van der Waals surface area contributed by atoms with Gasteiger partial charge in [-0.1, -0.05) is 412 Å². The highest BCUT2D eigenvalue weighted by Gasteiger charge is 2.25. The molecule has 0 fully saturated rings. The Labute approximate surface area is 555 Å². The van der Waals surface area contributed by atoms with Crippen molar-refractivity contribution in [3.05, 3.63) is 0 Å². The van der Waals surface area contributed by atoms with Crippen molar-refractivity contribution < 1.29 is 42.9 Å². The molecule has 89 heavy (non-hydrogen) atoms. The second-order valence-electron chi connectivity index (χ2n) is 29.1. The molecule has 0 aromatic carbocycles. The molecule has 0 aliphatic carbocycles. The Morgan fingerprint density at radius 1 is 0.292 bits per heavy atom. The summed E-state index contributed by atoms with van der Waals surface area (Å²) in [5, 5.41) is 9.77. The van der Waals surface area contributed by atoms with Gasteiger partial charge in [0.1, 0.15) is 13.2 Å². The van der Waals surface area contributed by atoms with Crippen LogP contribution in [0.5, 0.6) is 0 Å². The molecule has 0 heterocycles. The van der Waals surface area contributed by atoms with E-state index in [-0.39, 0.29) is 38.2 Å². The van der Waals surface area contributed by atoms with Gasteiger partial charge >= 0.3 is 17.9 Å². The molecule has 9 heteroatoms. The first kappa shape index (κ1) is 87.3. The van der Waals surface area contributed by atoms with E-state index in [1.807, 2.05) is 21.1 Å². The van der Waals surface area contributed by atoms with Crippen LogP contribution in [0.1, 0.15) is 438 Å². The third-order valence-corrected chi connectivity index (χ3v) is 18.9. The second kappa shape index (κ2) is 72.1. The van der Waals surface area contributed by atoms with Gasteiger partial charge in [0, 0.05) is 12.8 Å². The van der Waals surface area contributed by atoms with Crippen LogP contribution >= 0.6 is 0 Å². The molecule has 9 nitrogen and oxygen atoms in total. The molecule has 530 valence electrons. The molecule has 2 atom stereocenters. The van der Waals surface area contributed by atoms with Crippen LogP contribution in [0, 0.1) is 0 Å². The zero-order chi connectivity index (χ0) is 64.7. The van der Waals surface area contributed by atoms with E-state index in [2.05, 4.69) is 13.8 Å². The fourth-order valence-electron chi connectivity index (χ4n) is 12.7. The van der Waals surface area contributed by atoms with Crippen molar-refractivity contribution in [2.24, 2.45) is 0 Å². The number of carbonyl (C=O) groups is 3. The number of carbonyl (C=O) groups excluding carboxylic acids is 2. The van der Waals surface area contributed by atoms with Crippen LogP contribution in [0.4, 0.5) is 0 Å².